The number of benzene rings is 1. The molecule has 2 heterocycles. The second-order valence-corrected chi connectivity index (χ2v) is 9.36. The van der Waals surface area contributed by atoms with E-state index >= 15 is 0 Å². The molecule has 2 atom stereocenters. The summed E-state index contributed by atoms with van der Waals surface area (Å²) in [5.74, 6) is -0.294. The molecule has 0 saturated heterocycles. The summed E-state index contributed by atoms with van der Waals surface area (Å²) in [7, 11) is 0. The van der Waals surface area contributed by atoms with Crippen molar-refractivity contribution < 1.29 is 9.59 Å². The predicted octanol–water partition coefficient (Wildman–Crippen LogP) is 4.74. The minimum Gasteiger partial charge on any atom is -0.330 e. The third-order valence-corrected chi connectivity index (χ3v) is 6.46. The number of hydrogen-bond donors (Lipinski definition) is 0. The van der Waals surface area contributed by atoms with Gasteiger partial charge in [0, 0.05) is 22.5 Å². The van der Waals surface area contributed by atoms with Crippen LogP contribution in [0.5, 0.6) is 0 Å². The van der Waals surface area contributed by atoms with Crippen molar-refractivity contribution in [1.29, 1.82) is 0 Å². The van der Waals surface area contributed by atoms with Gasteiger partial charge in [0.05, 0.1) is 6.04 Å². The Balaban J connectivity index is 1.91. The van der Waals surface area contributed by atoms with Gasteiger partial charge in [0.1, 0.15) is 11.9 Å². The molecule has 2 amide bonds. The number of halogens is 2. The van der Waals surface area contributed by atoms with Gasteiger partial charge in [-0.25, -0.2) is 0 Å². The second kappa shape index (κ2) is 8.85. The van der Waals surface area contributed by atoms with E-state index in [1.807, 2.05) is 43.0 Å². The summed E-state index contributed by atoms with van der Waals surface area (Å²) >= 11 is 13.8. The summed E-state index contributed by atoms with van der Waals surface area (Å²) in [6.45, 7) is 6.08. The van der Waals surface area contributed by atoms with Crippen LogP contribution >= 0.6 is 34.5 Å². The van der Waals surface area contributed by atoms with Gasteiger partial charge in [-0.05, 0) is 61.9 Å². The molecular formula is C21H24Cl2N2O2S. The van der Waals surface area contributed by atoms with Gasteiger partial charge in [-0.3, -0.25) is 9.59 Å². The molecule has 150 valence electrons. The largest absolute Gasteiger partial charge is 0.330 e. The van der Waals surface area contributed by atoms with Crippen LogP contribution in [0, 0.1) is 0 Å². The van der Waals surface area contributed by atoms with Crippen molar-refractivity contribution in [2.75, 3.05) is 13.1 Å². The third-order valence-electron chi connectivity index (χ3n) is 5.02. The molecule has 1 aromatic heterocycles. The molecule has 7 heteroatoms. The number of alkyl halides is 1. The number of thiophene rings is 1. The molecule has 0 bridgehead atoms. The Morgan fingerprint density at radius 1 is 1.21 bits per heavy atom. The zero-order valence-corrected chi connectivity index (χ0v) is 18.5. The lowest BCUT2D eigenvalue weighted by atomic mass is 9.93. The van der Waals surface area contributed by atoms with Gasteiger partial charge < -0.3 is 9.80 Å². The average Bonchev–Trinajstić information content (AvgIpc) is 3.13. The van der Waals surface area contributed by atoms with Crippen molar-refractivity contribution in [3.63, 3.8) is 0 Å². The topological polar surface area (TPSA) is 40.6 Å². The molecule has 1 aliphatic heterocycles. The molecule has 1 aromatic carbocycles. The van der Waals surface area contributed by atoms with Crippen LogP contribution in [0.15, 0.2) is 35.7 Å². The predicted molar refractivity (Wildman–Crippen MR) is 115 cm³/mol. The average molecular weight is 439 g/mol. The lowest BCUT2D eigenvalue weighted by molar-refractivity contribution is -0.142. The molecule has 1 aliphatic rings. The van der Waals surface area contributed by atoms with Crippen molar-refractivity contribution in [3.8, 4) is 0 Å². The molecule has 2 unspecified atom stereocenters. The molecule has 0 fully saturated rings. The first-order valence-electron chi connectivity index (χ1n) is 9.35. The monoisotopic (exact) mass is 438 g/mol. The maximum absolute atomic E-state index is 13.3. The normalized spacial score (nSPS) is 17.4. The Bertz CT molecular complexity index is 848. The number of carbonyl (C=O) groups is 2. The zero-order valence-electron chi connectivity index (χ0n) is 16.2. The van der Waals surface area contributed by atoms with Gasteiger partial charge in [0.2, 0.25) is 11.8 Å². The Morgan fingerprint density at radius 2 is 1.89 bits per heavy atom. The molecule has 0 aliphatic carbocycles. The highest BCUT2D eigenvalue weighted by Crippen LogP contribution is 2.38. The lowest BCUT2D eigenvalue weighted by Crippen LogP contribution is -2.50. The smallest absolute Gasteiger partial charge is 0.243 e. The van der Waals surface area contributed by atoms with Gasteiger partial charge >= 0.3 is 0 Å². The fraction of sp³-hybridized carbons (Fsp3) is 0.429. The molecular weight excluding hydrogens is 415 g/mol. The Kier molecular flexibility index (Phi) is 6.69. The van der Waals surface area contributed by atoms with Crippen molar-refractivity contribution in [1.82, 2.24) is 9.80 Å². The third kappa shape index (κ3) is 4.37. The summed E-state index contributed by atoms with van der Waals surface area (Å²) in [6, 6.07) is 9.44. The Hall–Kier alpha value is -1.56. The zero-order chi connectivity index (χ0) is 20.4. The molecule has 0 radical (unpaired) electrons. The van der Waals surface area contributed by atoms with Gasteiger partial charge in [0.25, 0.3) is 0 Å². The quantitative estimate of drug-likeness (QED) is 0.632. The molecule has 3 rings (SSSR count). The molecule has 28 heavy (non-hydrogen) atoms. The summed E-state index contributed by atoms with van der Waals surface area (Å²) in [4.78, 5) is 30.5. The van der Waals surface area contributed by atoms with Gasteiger partial charge in [-0.2, -0.15) is 0 Å². The number of nitrogens with zero attached hydrogens (tertiary/aromatic N) is 2. The number of rotatable bonds is 5. The summed E-state index contributed by atoms with van der Waals surface area (Å²) in [5, 5.41) is 2.07. The molecule has 4 nitrogen and oxygen atoms in total. The highest BCUT2D eigenvalue weighted by atomic mass is 35.5. The van der Waals surface area contributed by atoms with E-state index in [1.54, 1.807) is 23.2 Å². The standard InChI is InChI=1S/C21H24Cl2N2O2S/c1-13(2)25(21(27)14(3)22)12-19(26)24-10-8-18-17(9-11-28-18)20(24)15-4-6-16(23)7-5-15/h4-7,9,11,13-14,20H,8,10,12H2,1-3H3. The lowest BCUT2D eigenvalue weighted by Gasteiger charge is -2.38. The van der Waals surface area contributed by atoms with Crippen LogP contribution in [0.1, 0.15) is 42.8 Å². The van der Waals surface area contributed by atoms with E-state index in [0.29, 0.717) is 11.6 Å². The first-order valence-corrected chi connectivity index (χ1v) is 11.0. The summed E-state index contributed by atoms with van der Waals surface area (Å²) in [5.41, 5.74) is 2.17. The Morgan fingerprint density at radius 3 is 2.50 bits per heavy atom. The van der Waals surface area contributed by atoms with Gasteiger partial charge in [0.15, 0.2) is 0 Å². The fourth-order valence-corrected chi connectivity index (χ4v) is 4.72. The molecule has 0 spiro atoms. The summed E-state index contributed by atoms with van der Waals surface area (Å²) in [6.07, 6.45) is 0.824. The first kappa shape index (κ1) is 21.2. The van der Waals surface area contributed by atoms with Crippen molar-refractivity contribution >= 4 is 46.4 Å². The first-order chi connectivity index (χ1) is 13.3. The van der Waals surface area contributed by atoms with E-state index in [0.717, 1.165) is 17.5 Å². The molecule has 0 saturated carbocycles. The van der Waals surface area contributed by atoms with Crippen LogP contribution in [-0.4, -0.2) is 46.1 Å². The Labute approximate surface area is 180 Å². The number of carbonyl (C=O) groups excluding carboxylic acids is 2. The number of fused-ring (bicyclic) bond motifs is 1. The highest BCUT2D eigenvalue weighted by Gasteiger charge is 2.34. The van der Waals surface area contributed by atoms with Gasteiger partial charge in [-0.15, -0.1) is 22.9 Å². The highest BCUT2D eigenvalue weighted by molar-refractivity contribution is 7.10. The van der Waals surface area contributed by atoms with Crippen LogP contribution in [0.25, 0.3) is 0 Å². The van der Waals surface area contributed by atoms with Crippen LogP contribution in [-0.2, 0) is 16.0 Å². The SMILES string of the molecule is CC(Cl)C(=O)N(CC(=O)N1CCc2sccc2C1c1ccc(Cl)cc1)C(C)C. The molecule has 0 N–H and O–H groups in total. The number of hydrogen-bond acceptors (Lipinski definition) is 3. The minimum atomic E-state index is -0.660. The fourth-order valence-electron chi connectivity index (χ4n) is 3.57. The van der Waals surface area contributed by atoms with E-state index in [4.69, 9.17) is 23.2 Å². The van der Waals surface area contributed by atoms with Crippen LogP contribution < -0.4 is 0 Å². The van der Waals surface area contributed by atoms with Crippen LogP contribution in [0.3, 0.4) is 0 Å². The van der Waals surface area contributed by atoms with E-state index in [9.17, 15) is 9.59 Å². The van der Waals surface area contributed by atoms with E-state index < -0.39 is 5.38 Å². The van der Waals surface area contributed by atoms with Crippen molar-refractivity contribution in [2.24, 2.45) is 0 Å². The number of amides is 2. The maximum Gasteiger partial charge on any atom is 0.243 e. The maximum atomic E-state index is 13.3. The second-order valence-electron chi connectivity index (χ2n) is 7.27. The van der Waals surface area contributed by atoms with Crippen molar-refractivity contribution in [3.05, 3.63) is 56.7 Å². The van der Waals surface area contributed by atoms with Crippen LogP contribution in [0.4, 0.5) is 0 Å². The molecule has 2 aromatic rings. The van der Waals surface area contributed by atoms with E-state index in [2.05, 4.69) is 11.4 Å². The van der Waals surface area contributed by atoms with Crippen molar-refractivity contribution in [2.45, 2.75) is 44.7 Å². The van der Waals surface area contributed by atoms with E-state index in [1.165, 1.54) is 4.88 Å². The summed E-state index contributed by atoms with van der Waals surface area (Å²) < 4.78 is 0. The van der Waals surface area contributed by atoms with Crippen LogP contribution in [0.2, 0.25) is 5.02 Å². The van der Waals surface area contributed by atoms with Gasteiger partial charge in [-0.1, -0.05) is 23.7 Å². The van der Waals surface area contributed by atoms with E-state index in [-0.39, 0.29) is 30.4 Å². The minimum absolute atomic E-state index is 0.0249.